The third-order valence-electron chi connectivity index (χ3n) is 4.32. The fraction of sp³-hybridized carbons (Fsp3) is 0.368. The second-order valence-corrected chi connectivity index (χ2v) is 6.29. The quantitative estimate of drug-likeness (QED) is 0.917. The Balaban J connectivity index is 1.76. The molecule has 1 aromatic carbocycles. The summed E-state index contributed by atoms with van der Waals surface area (Å²) >= 11 is 0. The monoisotopic (exact) mass is 325 g/mol. The summed E-state index contributed by atoms with van der Waals surface area (Å²) in [6.45, 7) is 5.13. The summed E-state index contributed by atoms with van der Waals surface area (Å²) < 4.78 is 1.62. The Kier molecular flexibility index (Phi) is 4.69. The zero-order chi connectivity index (χ0) is 17.1. The van der Waals surface area contributed by atoms with Crippen molar-refractivity contribution in [1.29, 1.82) is 0 Å². The molecule has 126 valence electrons. The predicted octanol–water partition coefficient (Wildman–Crippen LogP) is 3.22. The van der Waals surface area contributed by atoms with Crippen molar-refractivity contribution in [3.05, 3.63) is 64.1 Å². The van der Waals surface area contributed by atoms with E-state index in [9.17, 15) is 9.59 Å². The maximum absolute atomic E-state index is 12.6. The first-order valence-electron chi connectivity index (χ1n) is 8.41. The Hall–Kier alpha value is -2.56. The number of nitrogens with one attached hydrogen (secondary N) is 1. The lowest BCUT2D eigenvalue weighted by atomic mass is 10.1. The zero-order valence-corrected chi connectivity index (χ0v) is 14.2. The largest absolute Gasteiger partial charge is 0.322 e. The molecule has 1 fully saturated rings. The van der Waals surface area contributed by atoms with Gasteiger partial charge < -0.3 is 14.8 Å². The van der Waals surface area contributed by atoms with Crippen LogP contribution in [0.2, 0.25) is 0 Å². The standard InChI is InChI=1S/C19H23N3O2/c1-3-22(16-10-11-16)19(24)20-17-5-4-12-21(18(17)23)13-15-8-6-14(2)7-9-15/h4-9,12,16H,3,10-11,13H2,1-2H3,(H,20,24). The molecule has 0 radical (unpaired) electrons. The molecule has 5 heteroatoms. The van der Waals surface area contributed by atoms with Gasteiger partial charge in [-0.1, -0.05) is 29.8 Å². The second kappa shape index (κ2) is 6.91. The Bertz CT molecular complexity index is 776. The van der Waals surface area contributed by atoms with Crippen LogP contribution < -0.4 is 10.9 Å². The number of anilines is 1. The molecule has 1 heterocycles. The van der Waals surface area contributed by atoms with Crippen LogP contribution in [0.3, 0.4) is 0 Å². The number of carbonyl (C=O) groups is 1. The first-order chi connectivity index (χ1) is 11.6. The topological polar surface area (TPSA) is 54.3 Å². The summed E-state index contributed by atoms with van der Waals surface area (Å²) in [4.78, 5) is 26.7. The van der Waals surface area contributed by atoms with Gasteiger partial charge in [0.15, 0.2) is 0 Å². The third-order valence-corrected chi connectivity index (χ3v) is 4.32. The minimum atomic E-state index is -0.190. The summed E-state index contributed by atoms with van der Waals surface area (Å²) in [5, 5.41) is 2.77. The van der Waals surface area contributed by atoms with Gasteiger partial charge in [0, 0.05) is 18.8 Å². The highest BCUT2D eigenvalue weighted by Gasteiger charge is 2.31. The number of nitrogens with zero attached hydrogens (tertiary/aromatic N) is 2. The molecule has 1 N–H and O–H groups in total. The molecule has 1 aliphatic rings. The second-order valence-electron chi connectivity index (χ2n) is 6.29. The van der Waals surface area contributed by atoms with Crippen molar-refractivity contribution in [2.75, 3.05) is 11.9 Å². The maximum atomic E-state index is 12.6. The molecule has 2 amide bonds. The van der Waals surface area contributed by atoms with E-state index in [4.69, 9.17) is 0 Å². The summed E-state index contributed by atoms with van der Waals surface area (Å²) in [5.41, 5.74) is 2.39. The van der Waals surface area contributed by atoms with E-state index in [-0.39, 0.29) is 11.6 Å². The van der Waals surface area contributed by atoms with E-state index in [1.807, 2.05) is 38.1 Å². The van der Waals surface area contributed by atoms with Crippen LogP contribution in [0.15, 0.2) is 47.4 Å². The Morgan fingerprint density at radius 1 is 1.25 bits per heavy atom. The molecule has 5 nitrogen and oxygen atoms in total. The molecule has 1 aliphatic carbocycles. The normalized spacial score (nSPS) is 13.6. The van der Waals surface area contributed by atoms with Gasteiger partial charge in [0.05, 0.1) is 6.54 Å². The molecule has 1 saturated carbocycles. The first-order valence-corrected chi connectivity index (χ1v) is 8.41. The summed E-state index contributed by atoms with van der Waals surface area (Å²) in [6.07, 6.45) is 3.84. The maximum Gasteiger partial charge on any atom is 0.322 e. The molecular weight excluding hydrogens is 302 g/mol. The lowest BCUT2D eigenvalue weighted by Crippen LogP contribution is -2.38. The SMILES string of the molecule is CCN(C(=O)Nc1cccn(Cc2ccc(C)cc2)c1=O)C1CC1. The molecule has 3 rings (SSSR count). The number of amides is 2. The number of hydrogen-bond donors (Lipinski definition) is 1. The van der Waals surface area contributed by atoms with E-state index in [1.54, 1.807) is 27.8 Å². The van der Waals surface area contributed by atoms with E-state index in [0.717, 1.165) is 18.4 Å². The first kappa shape index (κ1) is 16.3. The lowest BCUT2D eigenvalue weighted by molar-refractivity contribution is 0.212. The fourth-order valence-electron chi connectivity index (χ4n) is 2.79. The highest BCUT2D eigenvalue weighted by Crippen LogP contribution is 2.26. The molecule has 0 atom stereocenters. The molecule has 0 bridgehead atoms. The van der Waals surface area contributed by atoms with Crippen molar-refractivity contribution in [2.45, 2.75) is 39.3 Å². The number of pyridine rings is 1. The van der Waals surface area contributed by atoms with Gasteiger partial charge in [-0.05, 0) is 44.4 Å². The minimum Gasteiger partial charge on any atom is -0.322 e. The van der Waals surface area contributed by atoms with Gasteiger partial charge in [0.1, 0.15) is 5.69 Å². The average molecular weight is 325 g/mol. The average Bonchev–Trinajstić information content (AvgIpc) is 3.39. The molecular formula is C19H23N3O2. The van der Waals surface area contributed by atoms with Crippen LogP contribution in [0.1, 0.15) is 30.9 Å². The Morgan fingerprint density at radius 3 is 2.58 bits per heavy atom. The third kappa shape index (κ3) is 3.67. The van der Waals surface area contributed by atoms with Crippen molar-refractivity contribution in [1.82, 2.24) is 9.47 Å². The van der Waals surface area contributed by atoms with Crippen LogP contribution in [0.25, 0.3) is 0 Å². The van der Waals surface area contributed by atoms with Gasteiger partial charge in [0.2, 0.25) is 0 Å². The van der Waals surface area contributed by atoms with Crippen LogP contribution in [0.4, 0.5) is 10.5 Å². The fourth-order valence-corrected chi connectivity index (χ4v) is 2.79. The smallest absolute Gasteiger partial charge is 0.322 e. The number of hydrogen-bond acceptors (Lipinski definition) is 2. The van der Waals surface area contributed by atoms with Gasteiger partial charge in [0.25, 0.3) is 5.56 Å². The molecule has 0 spiro atoms. The van der Waals surface area contributed by atoms with Crippen molar-refractivity contribution in [3.8, 4) is 0 Å². The number of carbonyl (C=O) groups excluding carboxylic acids is 1. The number of aromatic nitrogens is 1. The van der Waals surface area contributed by atoms with Gasteiger partial charge >= 0.3 is 6.03 Å². The van der Waals surface area contributed by atoms with E-state index in [0.29, 0.717) is 24.8 Å². The Morgan fingerprint density at radius 2 is 1.96 bits per heavy atom. The van der Waals surface area contributed by atoms with Crippen LogP contribution in [0, 0.1) is 6.92 Å². The number of rotatable bonds is 5. The number of aryl methyl sites for hydroxylation is 1. The zero-order valence-electron chi connectivity index (χ0n) is 14.2. The predicted molar refractivity (Wildman–Crippen MR) is 95.4 cm³/mol. The van der Waals surface area contributed by atoms with Crippen molar-refractivity contribution < 1.29 is 4.79 Å². The number of urea groups is 1. The van der Waals surface area contributed by atoms with Crippen molar-refractivity contribution >= 4 is 11.7 Å². The highest BCUT2D eigenvalue weighted by atomic mass is 16.2. The molecule has 1 aromatic heterocycles. The summed E-state index contributed by atoms with van der Waals surface area (Å²) in [5.74, 6) is 0. The minimum absolute atomic E-state index is 0.182. The van der Waals surface area contributed by atoms with Crippen LogP contribution in [-0.2, 0) is 6.54 Å². The van der Waals surface area contributed by atoms with Crippen molar-refractivity contribution in [2.24, 2.45) is 0 Å². The lowest BCUT2D eigenvalue weighted by Gasteiger charge is -2.20. The van der Waals surface area contributed by atoms with E-state index < -0.39 is 0 Å². The van der Waals surface area contributed by atoms with Crippen LogP contribution >= 0.6 is 0 Å². The summed E-state index contributed by atoms with van der Waals surface area (Å²) in [6, 6.07) is 11.7. The highest BCUT2D eigenvalue weighted by molar-refractivity contribution is 5.89. The van der Waals surface area contributed by atoms with Crippen molar-refractivity contribution in [3.63, 3.8) is 0 Å². The molecule has 0 unspecified atom stereocenters. The summed E-state index contributed by atoms with van der Waals surface area (Å²) in [7, 11) is 0. The van der Waals surface area contributed by atoms with E-state index in [1.165, 1.54) is 5.56 Å². The molecule has 0 saturated heterocycles. The molecule has 2 aromatic rings. The van der Waals surface area contributed by atoms with Crippen LogP contribution in [-0.4, -0.2) is 28.1 Å². The molecule has 0 aliphatic heterocycles. The molecule has 24 heavy (non-hydrogen) atoms. The van der Waals surface area contributed by atoms with Gasteiger partial charge in [-0.3, -0.25) is 4.79 Å². The number of benzene rings is 1. The van der Waals surface area contributed by atoms with Gasteiger partial charge in [-0.2, -0.15) is 0 Å². The Labute approximate surface area is 141 Å². The van der Waals surface area contributed by atoms with Crippen LogP contribution in [0.5, 0.6) is 0 Å². The van der Waals surface area contributed by atoms with Gasteiger partial charge in [-0.15, -0.1) is 0 Å². The van der Waals surface area contributed by atoms with E-state index in [2.05, 4.69) is 5.32 Å². The van der Waals surface area contributed by atoms with E-state index >= 15 is 0 Å². The van der Waals surface area contributed by atoms with Gasteiger partial charge in [-0.25, -0.2) is 4.79 Å².